The SMILES string of the molecule is O=C1Cc2ccccc2/C1=C\c1ccc([N+](=O)[O-])cc1. The van der Waals surface area contributed by atoms with Crippen LogP contribution in [0.25, 0.3) is 11.6 Å². The lowest BCUT2D eigenvalue weighted by molar-refractivity contribution is -0.384. The van der Waals surface area contributed by atoms with Gasteiger partial charge in [-0.2, -0.15) is 0 Å². The van der Waals surface area contributed by atoms with Gasteiger partial charge in [0.15, 0.2) is 5.78 Å². The number of carbonyl (C=O) groups is 1. The minimum Gasteiger partial charge on any atom is -0.294 e. The fourth-order valence-electron chi connectivity index (χ4n) is 2.37. The molecule has 2 aromatic rings. The van der Waals surface area contributed by atoms with E-state index in [9.17, 15) is 14.9 Å². The Balaban J connectivity index is 2.00. The first-order valence-electron chi connectivity index (χ1n) is 6.23. The Morgan fingerprint density at radius 1 is 1.05 bits per heavy atom. The number of hydrogen-bond donors (Lipinski definition) is 0. The third kappa shape index (κ3) is 2.12. The molecule has 0 spiro atoms. The molecular weight excluding hydrogens is 254 g/mol. The molecule has 4 nitrogen and oxygen atoms in total. The van der Waals surface area contributed by atoms with E-state index in [2.05, 4.69) is 0 Å². The van der Waals surface area contributed by atoms with Crippen LogP contribution in [-0.4, -0.2) is 10.7 Å². The van der Waals surface area contributed by atoms with Crippen molar-refractivity contribution in [2.75, 3.05) is 0 Å². The molecule has 20 heavy (non-hydrogen) atoms. The second kappa shape index (κ2) is 4.74. The summed E-state index contributed by atoms with van der Waals surface area (Å²) in [4.78, 5) is 22.2. The van der Waals surface area contributed by atoms with E-state index in [1.165, 1.54) is 12.1 Å². The minimum atomic E-state index is -0.438. The summed E-state index contributed by atoms with van der Waals surface area (Å²) in [6.45, 7) is 0. The Bertz CT molecular complexity index is 730. The zero-order valence-electron chi connectivity index (χ0n) is 10.6. The van der Waals surface area contributed by atoms with Crippen LogP contribution in [0.4, 0.5) is 5.69 Å². The molecule has 0 amide bonds. The van der Waals surface area contributed by atoms with Gasteiger partial charge in [-0.05, 0) is 34.9 Å². The summed E-state index contributed by atoms with van der Waals surface area (Å²) in [6, 6.07) is 13.9. The van der Waals surface area contributed by atoms with Crippen LogP contribution in [0.2, 0.25) is 0 Å². The highest BCUT2D eigenvalue weighted by atomic mass is 16.6. The number of carbonyl (C=O) groups excluding carboxylic acids is 1. The molecule has 2 aromatic carbocycles. The van der Waals surface area contributed by atoms with Gasteiger partial charge in [0.2, 0.25) is 0 Å². The van der Waals surface area contributed by atoms with Crippen molar-refractivity contribution in [2.45, 2.75) is 6.42 Å². The molecule has 1 aliphatic rings. The number of fused-ring (bicyclic) bond motifs is 1. The van der Waals surface area contributed by atoms with Crippen molar-refractivity contribution in [3.05, 3.63) is 75.3 Å². The van der Waals surface area contributed by atoms with Crippen LogP contribution >= 0.6 is 0 Å². The average molecular weight is 265 g/mol. The number of benzene rings is 2. The predicted molar refractivity (Wildman–Crippen MR) is 76.1 cm³/mol. The molecule has 98 valence electrons. The molecular formula is C16H11NO3. The molecule has 0 aliphatic heterocycles. The fraction of sp³-hybridized carbons (Fsp3) is 0.0625. The Kier molecular flexibility index (Phi) is 2.91. The molecule has 0 radical (unpaired) electrons. The van der Waals surface area contributed by atoms with Crippen LogP contribution < -0.4 is 0 Å². The molecule has 1 aliphatic carbocycles. The molecule has 0 unspecified atom stereocenters. The van der Waals surface area contributed by atoms with E-state index >= 15 is 0 Å². The number of rotatable bonds is 2. The maximum Gasteiger partial charge on any atom is 0.269 e. The highest BCUT2D eigenvalue weighted by molar-refractivity contribution is 6.29. The average Bonchev–Trinajstić information content (AvgIpc) is 2.76. The molecule has 0 aromatic heterocycles. The van der Waals surface area contributed by atoms with Crippen molar-refractivity contribution in [3.8, 4) is 0 Å². The van der Waals surface area contributed by atoms with E-state index in [1.807, 2.05) is 24.3 Å². The third-order valence-electron chi connectivity index (χ3n) is 3.37. The third-order valence-corrected chi connectivity index (χ3v) is 3.37. The van der Waals surface area contributed by atoms with Crippen LogP contribution in [0.5, 0.6) is 0 Å². The number of ketones is 1. The van der Waals surface area contributed by atoms with Crippen LogP contribution in [-0.2, 0) is 11.2 Å². The quantitative estimate of drug-likeness (QED) is 0.475. The summed E-state index contributed by atoms with van der Waals surface area (Å²) in [5.41, 5.74) is 3.50. The van der Waals surface area contributed by atoms with Crippen LogP contribution in [0.15, 0.2) is 48.5 Å². The van der Waals surface area contributed by atoms with E-state index in [0.29, 0.717) is 12.0 Å². The summed E-state index contributed by atoms with van der Waals surface area (Å²) in [5, 5.41) is 10.6. The monoisotopic (exact) mass is 265 g/mol. The van der Waals surface area contributed by atoms with Gasteiger partial charge in [0.1, 0.15) is 0 Å². The Morgan fingerprint density at radius 3 is 2.45 bits per heavy atom. The van der Waals surface area contributed by atoms with Crippen molar-refractivity contribution >= 4 is 23.1 Å². The molecule has 0 N–H and O–H groups in total. The van der Waals surface area contributed by atoms with Crippen molar-refractivity contribution < 1.29 is 9.72 Å². The van der Waals surface area contributed by atoms with Gasteiger partial charge >= 0.3 is 0 Å². The van der Waals surface area contributed by atoms with Gasteiger partial charge < -0.3 is 0 Å². The topological polar surface area (TPSA) is 60.2 Å². The van der Waals surface area contributed by atoms with E-state index in [4.69, 9.17) is 0 Å². The number of hydrogen-bond acceptors (Lipinski definition) is 3. The maximum atomic E-state index is 12.0. The molecule has 3 rings (SSSR count). The molecule has 0 saturated carbocycles. The molecule has 0 fully saturated rings. The Hall–Kier alpha value is -2.75. The van der Waals surface area contributed by atoms with Gasteiger partial charge in [-0.3, -0.25) is 14.9 Å². The lowest BCUT2D eigenvalue weighted by Crippen LogP contribution is -1.93. The molecule has 0 saturated heterocycles. The summed E-state index contributed by atoms with van der Waals surface area (Å²) < 4.78 is 0. The second-order valence-corrected chi connectivity index (χ2v) is 4.66. The van der Waals surface area contributed by atoms with Gasteiger partial charge in [0.25, 0.3) is 5.69 Å². The van der Waals surface area contributed by atoms with E-state index in [0.717, 1.165) is 16.7 Å². The highest BCUT2D eigenvalue weighted by Crippen LogP contribution is 2.31. The standard InChI is InChI=1S/C16H11NO3/c18-16-10-12-3-1-2-4-14(12)15(16)9-11-5-7-13(8-6-11)17(19)20/h1-9H,10H2/b15-9+. The summed E-state index contributed by atoms with van der Waals surface area (Å²) in [5.74, 6) is 0.0875. The van der Waals surface area contributed by atoms with Crippen molar-refractivity contribution in [1.82, 2.24) is 0 Å². The number of allylic oxidation sites excluding steroid dienone is 1. The Morgan fingerprint density at radius 2 is 1.75 bits per heavy atom. The molecule has 0 bridgehead atoms. The fourth-order valence-corrected chi connectivity index (χ4v) is 2.37. The van der Waals surface area contributed by atoms with Crippen molar-refractivity contribution in [2.24, 2.45) is 0 Å². The first-order valence-corrected chi connectivity index (χ1v) is 6.23. The van der Waals surface area contributed by atoms with Gasteiger partial charge in [-0.1, -0.05) is 24.3 Å². The number of non-ortho nitro benzene ring substituents is 1. The highest BCUT2D eigenvalue weighted by Gasteiger charge is 2.23. The molecule has 0 atom stereocenters. The van der Waals surface area contributed by atoms with Gasteiger partial charge in [-0.25, -0.2) is 0 Å². The van der Waals surface area contributed by atoms with E-state index in [1.54, 1.807) is 18.2 Å². The van der Waals surface area contributed by atoms with Gasteiger partial charge in [-0.15, -0.1) is 0 Å². The lowest BCUT2D eigenvalue weighted by Gasteiger charge is -2.00. The smallest absolute Gasteiger partial charge is 0.269 e. The van der Waals surface area contributed by atoms with E-state index in [-0.39, 0.29) is 11.5 Å². The minimum absolute atomic E-state index is 0.0466. The zero-order chi connectivity index (χ0) is 14.1. The lowest BCUT2D eigenvalue weighted by atomic mass is 10.0. The number of Topliss-reactive ketones (excluding diaryl/α,β-unsaturated/α-hetero) is 1. The van der Waals surface area contributed by atoms with Gasteiger partial charge in [0.05, 0.1) is 4.92 Å². The Labute approximate surface area is 115 Å². The van der Waals surface area contributed by atoms with Crippen LogP contribution in [0.3, 0.4) is 0 Å². The summed E-state index contributed by atoms with van der Waals surface area (Å²) in [7, 11) is 0. The predicted octanol–water partition coefficient (Wildman–Crippen LogP) is 3.26. The summed E-state index contributed by atoms with van der Waals surface area (Å²) in [6.07, 6.45) is 2.22. The van der Waals surface area contributed by atoms with Crippen molar-refractivity contribution in [3.63, 3.8) is 0 Å². The first-order chi connectivity index (χ1) is 9.65. The zero-order valence-corrected chi connectivity index (χ0v) is 10.6. The number of nitro groups is 1. The second-order valence-electron chi connectivity index (χ2n) is 4.66. The molecule has 0 heterocycles. The number of nitro benzene ring substituents is 1. The summed E-state index contributed by atoms with van der Waals surface area (Å²) >= 11 is 0. The normalized spacial score (nSPS) is 15.4. The van der Waals surface area contributed by atoms with Crippen molar-refractivity contribution in [1.29, 1.82) is 0 Å². The maximum absolute atomic E-state index is 12.0. The first kappa shape index (κ1) is 12.3. The number of nitrogens with zero attached hydrogens (tertiary/aromatic N) is 1. The van der Waals surface area contributed by atoms with Gasteiger partial charge in [0, 0.05) is 24.1 Å². The van der Waals surface area contributed by atoms with Crippen LogP contribution in [0, 0.1) is 10.1 Å². The largest absolute Gasteiger partial charge is 0.294 e. The van der Waals surface area contributed by atoms with E-state index < -0.39 is 4.92 Å². The molecule has 4 heteroatoms. The van der Waals surface area contributed by atoms with Crippen LogP contribution in [0.1, 0.15) is 16.7 Å².